The molecule has 0 spiro atoms. The second-order valence-corrected chi connectivity index (χ2v) is 4.21. The first kappa shape index (κ1) is 24.5. The zero-order chi connectivity index (χ0) is 21.6. The van der Waals surface area contributed by atoms with Crippen molar-refractivity contribution in [2.75, 3.05) is 0 Å². The number of allylic oxidation sites excluding steroid dienone is 1. The molecule has 0 N–H and O–H groups in total. The van der Waals surface area contributed by atoms with Gasteiger partial charge in [0, 0.05) is 0 Å². The van der Waals surface area contributed by atoms with Gasteiger partial charge in [-0.1, -0.05) is 0 Å². The zero-order valence-electron chi connectivity index (χ0n) is 11.5. The van der Waals surface area contributed by atoms with Gasteiger partial charge in [-0.3, -0.25) is 4.74 Å². The molecule has 17 heteroatoms. The maximum atomic E-state index is 13.4. The maximum absolute atomic E-state index is 13.4. The molecule has 0 saturated heterocycles. The van der Waals surface area contributed by atoms with E-state index >= 15 is 0 Å². The van der Waals surface area contributed by atoms with Crippen molar-refractivity contribution >= 4 is 0 Å². The average molecular weight is 428 g/mol. The fraction of sp³-hybridized carbons (Fsp3) is 0.778. The Bertz CT molecular complexity index is 540. The van der Waals surface area contributed by atoms with Crippen LogP contribution >= 0.6 is 0 Å². The van der Waals surface area contributed by atoms with Crippen LogP contribution in [0.15, 0.2) is 11.8 Å². The molecule has 0 saturated carbocycles. The summed E-state index contributed by atoms with van der Waals surface area (Å²) in [6.45, 7) is -0.105. The molecule has 0 amide bonds. The maximum Gasteiger partial charge on any atom is 0.471 e. The molecule has 0 aliphatic carbocycles. The normalized spacial score (nSPS) is 18.3. The van der Waals surface area contributed by atoms with Gasteiger partial charge >= 0.3 is 42.4 Å². The number of alkyl halides is 13. The van der Waals surface area contributed by atoms with Crippen LogP contribution in [0.2, 0.25) is 0 Å². The molecule has 0 rings (SSSR count). The minimum absolute atomic E-state index is 0.105. The topological polar surface area (TPSA) is 18.5 Å². The monoisotopic (exact) mass is 428 g/mol. The Labute approximate surface area is 132 Å². The Morgan fingerprint density at radius 1 is 0.615 bits per heavy atom. The van der Waals surface area contributed by atoms with Gasteiger partial charge in [0.15, 0.2) is 5.83 Å². The third kappa shape index (κ3) is 4.22. The van der Waals surface area contributed by atoms with Crippen molar-refractivity contribution in [3.05, 3.63) is 11.8 Å². The molecule has 0 heterocycles. The largest absolute Gasteiger partial charge is 0.471 e. The summed E-state index contributed by atoms with van der Waals surface area (Å²) in [5.74, 6) is -17.6. The van der Waals surface area contributed by atoms with Crippen molar-refractivity contribution in [3.63, 3.8) is 0 Å². The van der Waals surface area contributed by atoms with Crippen molar-refractivity contribution in [1.82, 2.24) is 0 Å². The summed E-state index contributed by atoms with van der Waals surface area (Å²) in [5.41, 5.74) is 0. The van der Waals surface area contributed by atoms with Gasteiger partial charge in [-0.25, -0.2) is 4.39 Å². The first-order valence-electron chi connectivity index (χ1n) is 5.40. The minimum Gasteiger partial charge on any atom is -0.400 e. The molecular weight excluding hydrogens is 425 g/mol. The van der Waals surface area contributed by atoms with Crippen molar-refractivity contribution in [2.24, 2.45) is 0 Å². The second-order valence-electron chi connectivity index (χ2n) is 4.21. The van der Waals surface area contributed by atoms with Crippen molar-refractivity contribution in [3.8, 4) is 0 Å². The summed E-state index contributed by atoms with van der Waals surface area (Å²) in [7, 11) is 0. The van der Waals surface area contributed by atoms with E-state index in [1.807, 2.05) is 0 Å². The average Bonchev–Trinajstić information content (AvgIpc) is 2.34. The van der Waals surface area contributed by atoms with Crippen molar-refractivity contribution in [2.45, 2.75) is 43.3 Å². The SMILES string of the molecule is C/C(F)=C(\F)OC(F)(F)C(F)(OC(F)(F)C(F)(F)C(F)(F)F)C(F)(F)F. The lowest BCUT2D eigenvalue weighted by molar-refractivity contribution is -0.531. The number of halogens is 15. The Balaban J connectivity index is 6.27. The van der Waals surface area contributed by atoms with Crippen LogP contribution in [-0.2, 0) is 9.47 Å². The van der Waals surface area contributed by atoms with Crippen LogP contribution in [0.4, 0.5) is 65.9 Å². The van der Waals surface area contributed by atoms with Gasteiger partial charge in [-0.2, -0.15) is 61.5 Å². The molecule has 0 aromatic carbocycles. The lowest BCUT2D eigenvalue weighted by Gasteiger charge is -2.37. The third-order valence-electron chi connectivity index (χ3n) is 2.22. The molecule has 0 bridgehead atoms. The summed E-state index contributed by atoms with van der Waals surface area (Å²) in [6, 6.07) is -3.34. The molecule has 2 nitrogen and oxygen atoms in total. The summed E-state index contributed by atoms with van der Waals surface area (Å²) >= 11 is 0. The molecule has 0 aliphatic heterocycles. The molecule has 0 aromatic heterocycles. The molecule has 156 valence electrons. The molecule has 26 heavy (non-hydrogen) atoms. The van der Waals surface area contributed by atoms with Crippen LogP contribution in [0, 0.1) is 0 Å². The van der Waals surface area contributed by atoms with E-state index in [1.165, 1.54) is 4.74 Å². The predicted octanol–water partition coefficient (Wildman–Crippen LogP) is 5.76. The molecule has 1 unspecified atom stereocenters. The highest BCUT2D eigenvalue weighted by Crippen LogP contribution is 2.55. The van der Waals surface area contributed by atoms with E-state index < -0.39 is 48.2 Å². The molecule has 0 fully saturated rings. The van der Waals surface area contributed by atoms with Gasteiger partial charge < -0.3 is 4.74 Å². The molecule has 0 radical (unpaired) electrons. The van der Waals surface area contributed by atoms with E-state index in [2.05, 4.69) is 4.74 Å². The van der Waals surface area contributed by atoms with Gasteiger partial charge in [0.2, 0.25) is 0 Å². The highest BCUT2D eigenvalue weighted by molar-refractivity contribution is 4.96. The van der Waals surface area contributed by atoms with Crippen LogP contribution < -0.4 is 0 Å². The standard InChI is InChI=1S/C9H3F15O2/c1-2(10)3(11)25-9(23,24)5(14,7(18,19)20)26-8(21,22)4(12,13)6(15,16)17/h1H3/b3-2-. The molecule has 0 aliphatic rings. The molecule has 1 atom stereocenters. The summed E-state index contributed by atoms with van der Waals surface area (Å²) < 4.78 is 190. The van der Waals surface area contributed by atoms with Gasteiger partial charge in [0.25, 0.3) is 0 Å². The van der Waals surface area contributed by atoms with Gasteiger partial charge in [-0.15, -0.1) is 0 Å². The van der Waals surface area contributed by atoms with Gasteiger partial charge in [-0.05, 0) is 6.92 Å². The summed E-state index contributed by atoms with van der Waals surface area (Å²) in [5, 5.41) is 0. The van der Waals surface area contributed by atoms with Crippen LogP contribution in [-0.4, -0.2) is 36.3 Å². The van der Waals surface area contributed by atoms with E-state index in [-0.39, 0.29) is 6.92 Å². The predicted molar refractivity (Wildman–Crippen MR) is 47.9 cm³/mol. The third-order valence-corrected chi connectivity index (χ3v) is 2.22. The Morgan fingerprint density at radius 2 is 1.00 bits per heavy atom. The quantitative estimate of drug-likeness (QED) is 0.396. The highest BCUT2D eigenvalue weighted by Gasteiger charge is 2.84. The smallest absolute Gasteiger partial charge is 0.400 e. The first-order valence-corrected chi connectivity index (χ1v) is 5.40. The Kier molecular flexibility index (Phi) is 6.17. The number of ether oxygens (including phenoxy) is 2. The van der Waals surface area contributed by atoms with E-state index in [4.69, 9.17) is 0 Å². The Hall–Kier alpha value is -1.55. The van der Waals surface area contributed by atoms with Crippen LogP contribution in [0.3, 0.4) is 0 Å². The van der Waals surface area contributed by atoms with E-state index in [0.717, 1.165) is 0 Å². The van der Waals surface area contributed by atoms with Crippen LogP contribution in [0.5, 0.6) is 0 Å². The van der Waals surface area contributed by atoms with E-state index in [1.54, 1.807) is 0 Å². The lowest BCUT2D eigenvalue weighted by Crippen LogP contribution is -2.65. The number of hydrogen-bond acceptors (Lipinski definition) is 2. The van der Waals surface area contributed by atoms with Crippen LogP contribution in [0.25, 0.3) is 0 Å². The Morgan fingerprint density at radius 3 is 1.27 bits per heavy atom. The molecule has 0 aromatic rings. The van der Waals surface area contributed by atoms with Crippen molar-refractivity contribution in [1.29, 1.82) is 0 Å². The van der Waals surface area contributed by atoms with Crippen LogP contribution in [0.1, 0.15) is 6.92 Å². The minimum atomic E-state index is -7.61. The van der Waals surface area contributed by atoms with Gasteiger partial charge in [0.1, 0.15) is 0 Å². The first-order chi connectivity index (χ1) is 11.0. The van der Waals surface area contributed by atoms with Gasteiger partial charge in [0.05, 0.1) is 0 Å². The second kappa shape index (κ2) is 6.56. The molecular formula is C9H3F15O2. The summed E-state index contributed by atoms with van der Waals surface area (Å²) in [4.78, 5) is 0. The lowest BCUT2D eigenvalue weighted by atomic mass is 10.2. The fourth-order valence-corrected chi connectivity index (χ4v) is 0.937. The van der Waals surface area contributed by atoms with Crippen molar-refractivity contribution < 1.29 is 75.3 Å². The fourth-order valence-electron chi connectivity index (χ4n) is 0.937. The number of hydrogen-bond donors (Lipinski definition) is 0. The van der Waals surface area contributed by atoms with E-state index in [0.29, 0.717) is 0 Å². The zero-order valence-corrected chi connectivity index (χ0v) is 11.5. The number of rotatable bonds is 6. The highest BCUT2D eigenvalue weighted by atomic mass is 19.4. The summed E-state index contributed by atoms with van der Waals surface area (Å²) in [6.07, 6.45) is -29.5. The van der Waals surface area contributed by atoms with E-state index in [9.17, 15) is 65.9 Å².